The van der Waals surface area contributed by atoms with Gasteiger partial charge in [0, 0.05) is 12.3 Å². The average Bonchev–Trinajstić information content (AvgIpc) is 2.96. The van der Waals surface area contributed by atoms with Gasteiger partial charge < -0.3 is 0 Å². The van der Waals surface area contributed by atoms with Crippen molar-refractivity contribution >= 4 is 15.8 Å². The Bertz CT molecular complexity index is 933. The number of halogens is 1. The van der Waals surface area contributed by atoms with Crippen molar-refractivity contribution in [3.05, 3.63) is 77.7 Å². The molecule has 1 N–H and O–H groups in total. The second-order valence-electron chi connectivity index (χ2n) is 5.44. The fourth-order valence-electron chi connectivity index (χ4n) is 2.20. The molecule has 0 saturated carbocycles. The Labute approximate surface area is 139 Å². The van der Waals surface area contributed by atoms with Crippen LogP contribution in [0, 0.1) is 12.7 Å². The van der Waals surface area contributed by atoms with Gasteiger partial charge in [0.25, 0.3) is 10.0 Å². The second kappa shape index (κ2) is 6.45. The Morgan fingerprint density at radius 3 is 2.38 bits per heavy atom. The first-order valence-electron chi connectivity index (χ1n) is 7.30. The third kappa shape index (κ3) is 3.80. The van der Waals surface area contributed by atoms with Crippen molar-refractivity contribution in [2.45, 2.75) is 18.4 Å². The summed E-state index contributed by atoms with van der Waals surface area (Å²) in [4.78, 5) is 0.182. The molecule has 7 heteroatoms. The highest BCUT2D eigenvalue weighted by Crippen LogP contribution is 2.15. The molecule has 0 radical (unpaired) electrons. The lowest BCUT2D eigenvalue weighted by molar-refractivity contribution is 0.600. The maximum atomic E-state index is 12.9. The lowest BCUT2D eigenvalue weighted by Gasteiger charge is -2.06. The summed E-state index contributed by atoms with van der Waals surface area (Å²) in [5.41, 5.74) is 1.85. The molecule has 3 aromatic rings. The third-order valence-corrected chi connectivity index (χ3v) is 4.84. The largest absolute Gasteiger partial charge is 0.266 e. The van der Waals surface area contributed by atoms with Gasteiger partial charge in [-0.15, -0.1) is 0 Å². The molecule has 5 nitrogen and oxygen atoms in total. The third-order valence-electron chi connectivity index (χ3n) is 3.47. The molecular weight excluding hydrogens is 329 g/mol. The normalized spacial score (nSPS) is 11.4. The molecule has 0 aliphatic rings. The molecule has 0 atom stereocenters. The van der Waals surface area contributed by atoms with E-state index in [1.54, 1.807) is 53.3 Å². The van der Waals surface area contributed by atoms with E-state index in [-0.39, 0.29) is 16.5 Å². The first kappa shape index (κ1) is 16.2. The van der Waals surface area contributed by atoms with Crippen molar-refractivity contribution in [1.82, 2.24) is 9.78 Å². The molecular formula is C17H16FN3O2S. The lowest BCUT2D eigenvalue weighted by Crippen LogP contribution is -2.13. The molecule has 24 heavy (non-hydrogen) atoms. The van der Waals surface area contributed by atoms with Crippen LogP contribution in [-0.4, -0.2) is 18.2 Å². The highest BCUT2D eigenvalue weighted by Gasteiger charge is 2.15. The van der Waals surface area contributed by atoms with Crippen LogP contribution in [0.1, 0.15) is 11.1 Å². The van der Waals surface area contributed by atoms with Crippen LogP contribution in [0.4, 0.5) is 10.2 Å². The van der Waals surface area contributed by atoms with Crippen LogP contribution in [0.15, 0.2) is 65.7 Å². The zero-order valence-electron chi connectivity index (χ0n) is 13.0. The van der Waals surface area contributed by atoms with E-state index in [4.69, 9.17) is 0 Å². The van der Waals surface area contributed by atoms with Crippen molar-refractivity contribution < 1.29 is 12.8 Å². The van der Waals surface area contributed by atoms with Gasteiger partial charge in [-0.05, 0) is 36.8 Å². The van der Waals surface area contributed by atoms with E-state index in [0.29, 0.717) is 6.54 Å². The maximum absolute atomic E-state index is 12.9. The maximum Gasteiger partial charge on any atom is 0.263 e. The van der Waals surface area contributed by atoms with E-state index < -0.39 is 10.0 Å². The van der Waals surface area contributed by atoms with Gasteiger partial charge in [-0.3, -0.25) is 9.40 Å². The number of rotatable bonds is 5. The predicted octanol–water partition coefficient (Wildman–Crippen LogP) is 3.18. The first-order chi connectivity index (χ1) is 11.4. The molecule has 0 unspecified atom stereocenters. The monoisotopic (exact) mass is 345 g/mol. The standard InChI is InChI=1S/C17H16FN3O2S/c1-13-2-8-16(9-3-13)24(22,23)20-17-10-11-21(19-17)12-14-4-6-15(18)7-5-14/h2-11H,12H2,1H3,(H,19,20). The van der Waals surface area contributed by atoms with Gasteiger partial charge in [0.15, 0.2) is 5.82 Å². The average molecular weight is 345 g/mol. The van der Waals surface area contributed by atoms with E-state index in [0.717, 1.165) is 11.1 Å². The van der Waals surface area contributed by atoms with Gasteiger partial charge in [-0.1, -0.05) is 29.8 Å². The summed E-state index contributed by atoms with van der Waals surface area (Å²) in [5.74, 6) is -0.0663. The molecule has 3 rings (SSSR count). The summed E-state index contributed by atoms with van der Waals surface area (Å²) in [6.07, 6.45) is 1.66. The van der Waals surface area contributed by atoms with Crippen LogP contribution < -0.4 is 4.72 Å². The number of benzene rings is 2. The highest BCUT2D eigenvalue weighted by molar-refractivity contribution is 7.92. The van der Waals surface area contributed by atoms with Gasteiger partial charge in [0.05, 0.1) is 11.4 Å². The van der Waals surface area contributed by atoms with Crippen LogP contribution in [-0.2, 0) is 16.6 Å². The Morgan fingerprint density at radius 1 is 1.04 bits per heavy atom. The van der Waals surface area contributed by atoms with Gasteiger partial charge in [0.1, 0.15) is 5.82 Å². The zero-order valence-corrected chi connectivity index (χ0v) is 13.8. The molecule has 2 aromatic carbocycles. The van der Waals surface area contributed by atoms with Gasteiger partial charge in [-0.2, -0.15) is 5.10 Å². The Balaban J connectivity index is 1.73. The number of hydrogen-bond acceptors (Lipinski definition) is 3. The molecule has 0 spiro atoms. The molecule has 0 amide bonds. The minimum absolute atomic E-state index is 0.182. The van der Waals surface area contributed by atoms with E-state index in [1.165, 1.54) is 12.1 Å². The summed E-state index contributed by atoms with van der Waals surface area (Å²) in [7, 11) is -3.67. The Morgan fingerprint density at radius 2 is 1.71 bits per heavy atom. The fourth-order valence-corrected chi connectivity index (χ4v) is 3.19. The van der Waals surface area contributed by atoms with Gasteiger partial charge >= 0.3 is 0 Å². The van der Waals surface area contributed by atoms with Crippen LogP contribution in [0.25, 0.3) is 0 Å². The molecule has 124 valence electrons. The van der Waals surface area contributed by atoms with Crippen molar-refractivity contribution in [3.8, 4) is 0 Å². The highest BCUT2D eigenvalue weighted by atomic mass is 32.2. The molecule has 0 fully saturated rings. The van der Waals surface area contributed by atoms with Crippen LogP contribution in [0.5, 0.6) is 0 Å². The van der Waals surface area contributed by atoms with Crippen LogP contribution in [0.3, 0.4) is 0 Å². The van der Waals surface area contributed by atoms with E-state index in [9.17, 15) is 12.8 Å². The number of hydrogen-bond donors (Lipinski definition) is 1. The summed E-state index contributed by atoms with van der Waals surface area (Å²) in [6, 6.07) is 14.2. The van der Waals surface area contributed by atoms with Crippen molar-refractivity contribution in [2.24, 2.45) is 0 Å². The number of sulfonamides is 1. The minimum atomic E-state index is -3.67. The van der Waals surface area contributed by atoms with Gasteiger partial charge in [0.2, 0.25) is 0 Å². The van der Waals surface area contributed by atoms with Crippen molar-refractivity contribution in [3.63, 3.8) is 0 Å². The summed E-state index contributed by atoms with van der Waals surface area (Å²) >= 11 is 0. The smallest absolute Gasteiger partial charge is 0.263 e. The van der Waals surface area contributed by atoms with Crippen LogP contribution in [0.2, 0.25) is 0 Å². The lowest BCUT2D eigenvalue weighted by atomic mass is 10.2. The topological polar surface area (TPSA) is 64.0 Å². The molecule has 1 aromatic heterocycles. The molecule has 0 aliphatic carbocycles. The second-order valence-corrected chi connectivity index (χ2v) is 7.13. The number of nitrogens with one attached hydrogen (secondary N) is 1. The summed E-state index contributed by atoms with van der Waals surface area (Å²) in [5, 5.41) is 4.19. The van der Waals surface area contributed by atoms with E-state index in [1.807, 2.05) is 6.92 Å². The number of aryl methyl sites for hydroxylation is 1. The SMILES string of the molecule is Cc1ccc(S(=O)(=O)Nc2ccn(Cc3ccc(F)cc3)n2)cc1. The molecule has 0 aliphatic heterocycles. The molecule has 1 heterocycles. The Kier molecular flexibility index (Phi) is 4.35. The number of aromatic nitrogens is 2. The van der Waals surface area contributed by atoms with E-state index >= 15 is 0 Å². The fraction of sp³-hybridized carbons (Fsp3) is 0.118. The number of nitrogens with zero attached hydrogens (tertiary/aromatic N) is 2. The predicted molar refractivity (Wildman–Crippen MR) is 89.7 cm³/mol. The minimum Gasteiger partial charge on any atom is -0.266 e. The van der Waals surface area contributed by atoms with Crippen LogP contribution >= 0.6 is 0 Å². The van der Waals surface area contributed by atoms with Gasteiger partial charge in [-0.25, -0.2) is 12.8 Å². The van der Waals surface area contributed by atoms with Crippen molar-refractivity contribution in [2.75, 3.05) is 4.72 Å². The number of anilines is 1. The summed E-state index contributed by atoms with van der Waals surface area (Å²) in [6.45, 7) is 2.31. The summed E-state index contributed by atoms with van der Waals surface area (Å²) < 4.78 is 41.6. The first-order valence-corrected chi connectivity index (χ1v) is 8.78. The molecule has 0 saturated heterocycles. The van der Waals surface area contributed by atoms with Crippen molar-refractivity contribution in [1.29, 1.82) is 0 Å². The quantitative estimate of drug-likeness (QED) is 0.772. The van der Waals surface area contributed by atoms with E-state index in [2.05, 4.69) is 9.82 Å². The molecule has 0 bridgehead atoms. The zero-order chi connectivity index (χ0) is 17.2. The Hall–Kier alpha value is -2.67.